The SMILES string of the molecule is CC=C1/C(=C\C(=C/N)C(=O)OC(C)(C)C)CCN1C(C)(C)C. The minimum Gasteiger partial charge on any atom is -0.456 e. The molecule has 1 aliphatic rings. The Morgan fingerprint density at radius 3 is 2.23 bits per heavy atom. The van der Waals surface area contributed by atoms with Gasteiger partial charge in [-0.05, 0) is 66.5 Å². The van der Waals surface area contributed by atoms with Gasteiger partial charge in [0.25, 0.3) is 0 Å². The summed E-state index contributed by atoms with van der Waals surface area (Å²) in [7, 11) is 0. The highest BCUT2D eigenvalue weighted by atomic mass is 16.6. The Balaban J connectivity index is 3.03. The van der Waals surface area contributed by atoms with Crippen LogP contribution in [0.2, 0.25) is 0 Å². The zero-order valence-electron chi connectivity index (χ0n) is 15.0. The van der Waals surface area contributed by atoms with Crippen molar-refractivity contribution in [2.24, 2.45) is 5.73 Å². The van der Waals surface area contributed by atoms with Crippen molar-refractivity contribution in [3.05, 3.63) is 35.2 Å². The van der Waals surface area contributed by atoms with Crippen molar-refractivity contribution in [3.8, 4) is 0 Å². The third kappa shape index (κ3) is 4.65. The Morgan fingerprint density at radius 2 is 1.82 bits per heavy atom. The largest absolute Gasteiger partial charge is 0.456 e. The Bertz CT molecular complexity index is 514. The van der Waals surface area contributed by atoms with Gasteiger partial charge in [-0.1, -0.05) is 6.08 Å². The highest BCUT2D eigenvalue weighted by molar-refractivity contribution is 5.92. The molecule has 0 aromatic heterocycles. The van der Waals surface area contributed by atoms with E-state index in [2.05, 4.69) is 31.7 Å². The molecule has 0 radical (unpaired) electrons. The second-order valence-corrected chi connectivity index (χ2v) is 7.54. The van der Waals surface area contributed by atoms with Crippen molar-refractivity contribution in [2.75, 3.05) is 6.54 Å². The number of carbonyl (C=O) groups excluding carboxylic acids is 1. The lowest BCUT2D eigenvalue weighted by atomic mass is 10.0. The van der Waals surface area contributed by atoms with Gasteiger partial charge in [0, 0.05) is 24.0 Å². The number of allylic oxidation sites excluding steroid dienone is 2. The summed E-state index contributed by atoms with van der Waals surface area (Å²) in [6, 6.07) is 0. The third-order valence-electron chi connectivity index (χ3n) is 3.45. The van der Waals surface area contributed by atoms with E-state index in [4.69, 9.17) is 10.5 Å². The smallest absolute Gasteiger partial charge is 0.340 e. The molecule has 124 valence electrons. The topological polar surface area (TPSA) is 55.6 Å². The average molecular weight is 306 g/mol. The number of likely N-dealkylation sites (tertiary alicyclic amines) is 1. The first-order valence-corrected chi connectivity index (χ1v) is 7.79. The van der Waals surface area contributed by atoms with E-state index < -0.39 is 5.60 Å². The van der Waals surface area contributed by atoms with Crippen LogP contribution in [0.25, 0.3) is 0 Å². The molecule has 0 spiro atoms. The summed E-state index contributed by atoms with van der Waals surface area (Å²) >= 11 is 0. The molecular weight excluding hydrogens is 276 g/mol. The van der Waals surface area contributed by atoms with E-state index in [1.165, 1.54) is 6.20 Å². The number of ether oxygens (including phenoxy) is 1. The molecule has 0 aliphatic carbocycles. The molecule has 0 aromatic carbocycles. The molecule has 0 aromatic rings. The van der Waals surface area contributed by atoms with Crippen LogP contribution in [0.4, 0.5) is 0 Å². The van der Waals surface area contributed by atoms with E-state index in [0.717, 1.165) is 24.2 Å². The average Bonchev–Trinajstić information content (AvgIpc) is 2.75. The first kappa shape index (κ1) is 18.3. The molecule has 4 heteroatoms. The van der Waals surface area contributed by atoms with Crippen LogP contribution in [-0.4, -0.2) is 28.6 Å². The number of nitrogens with zero attached hydrogens (tertiary/aromatic N) is 1. The monoisotopic (exact) mass is 306 g/mol. The number of carbonyl (C=O) groups is 1. The number of rotatable bonds is 2. The predicted molar refractivity (Wildman–Crippen MR) is 91.0 cm³/mol. The van der Waals surface area contributed by atoms with Gasteiger partial charge in [0.2, 0.25) is 0 Å². The van der Waals surface area contributed by atoms with Crippen molar-refractivity contribution < 1.29 is 9.53 Å². The van der Waals surface area contributed by atoms with Crippen molar-refractivity contribution in [1.82, 2.24) is 4.90 Å². The van der Waals surface area contributed by atoms with Crippen LogP contribution in [0.1, 0.15) is 54.9 Å². The Morgan fingerprint density at radius 1 is 1.23 bits per heavy atom. The number of hydrogen-bond donors (Lipinski definition) is 1. The molecule has 4 nitrogen and oxygen atoms in total. The maximum atomic E-state index is 12.2. The summed E-state index contributed by atoms with van der Waals surface area (Å²) in [5.41, 5.74) is 7.85. The van der Waals surface area contributed by atoms with Gasteiger partial charge in [-0.2, -0.15) is 0 Å². The van der Waals surface area contributed by atoms with Crippen molar-refractivity contribution in [2.45, 2.75) is 66.0 Å². The summed E-state index contributed by atoms with van der Waals surface area (Å²) in [4.78, 5) is 14.6. The normalized spacial score (nSPS) is 20.9. The van der Waals surface area contributed by atoms with E-state index >= 15 is 0 Å². The highest BCUT2D eigenvalue weighted by Crippen LogP contribution is 2.34. The van der Waals surface area contributed by atoms with Crippen LogP contribution in [0, 0.1) is 0 Å². The highest BCUT2D eigenvalue weighted by Gasteiger charge is 2.30. The summed E-state index contributed by atoms with van der Waals surface area (Å²) in [5.74, 6) is -0.382. The molecular formula is C18H30N2O2. The fraction of sp³-hybridized carbons (Fsp3) is 0.611. The quantitative estimate of drug-likeness (QED) is 0.626. The lowest BCUT2D eigenvalue weighted by Crippen LogP contribution is -2.37. The van der Waals surface area contributed by atoms with E-state index in [1.807, 2.05) is 33.8 Å². The van der Waals surface area contributed by atoms with Crippen molar-refractivity contribution >= 4 is 5.97 Å². The third-order valence-corrected chi connectivity index (χ3v) is 3.45. The molecule has 1 fully saturated rings. The van der Waals surface area contributed by atoms with Crippen molar-refractivity contribution in [1.29, 1.82) is 0 Å². The molecule has 1 rings (SSSR count). The maximum absolute atomic E-state index is 12.2. The van der Waals surface area contributed by atoms with Crippen LogP contribution >= 0.6 is 0 Å². The molecule has 1 heterocycles. The Kier molecular flexibility index (Phi) is 5.49. The van der Waals surface area contributed by atoms with E-state index in [0.29, 0.717) is 5.57 Å². The van der Waals surface area contributed by atoms with Gasteiger partial charge in [0.15, 0.2) is 0 Å². The Labute approximate surface area is 134 Å². The summed E-state index contributed by atoms with van der Waals surface area (Å²) in [6.07, 6.45) is 6.17. The van der Waals surface area contributed by atoms with Gasteiger partial charge >= 0.3 is 5.97 Å². The molecule has 0 bridgehead atoms. The number of hydrogen-bond acceptors (Lipinski definition) is 4. The molecule has 0 amide bonds. The minimum absolute atomic E-state index is 0.0515. The van der Waals surface area contributed by atoms with Gasteiger partial charge in [-0.15, -0.1) is 0 Å². The fourth-order valence-corrected chi connectivity index (χ4v) is 2.54. The second-order valence-electron chi connectivity index (χ2n) is 7.54. The van der Waals surface area contributed by atoms with Gasteiger partial charge in [0.1, 0.15) is 5.60 Å². The second kappa shape index (κ2) is 6.59. The van der Waals surface area contributed by atoms with Gasteiger partial charge < -0.3 is 15.4 Å². The summed E-state index contributed by atoms with van der Waals surface area (Å²) in [5, 5.41) is 0. The fourth-order valence-electron chi connectivity index (χ4n) is 2.54. The first-order valence-electron chi connectivity index (χ1n) is 7.79. The molecule has 0 atom stereocenters. The first-order chi connectivity index (χ1) is 9.99. The molecule has 22 heavy (non-hydrogen) atoms. The minimum atomic E-state index is -0.527. The zero-order valence-corrected chi connectivity index (χ0v) is 15.0. The predicted octanol–water partition coefficient (Wildman–Crippen LogP) is 3.51. The van der Waals surface area contributed by atoms with Gasteiger partial charge in [0.05, 0.1) is 5.57 Å². The van der Waals surface area contributed by atoms with Gasteiger partial charge in [-0.25, -0.2) is 4.79 Å². The standard InChI is InChI=1S/C18H30N2O2/c1-8-15-13(9-10-20(15)17(2,3)4)11-14(12-19)16(21)22-18(5,6)7/h8,11-12H,9-10,19H2,1-7H3/b13-11-,14-12+,15-8?. The lowest BCUT2D eigenvalue weighted by molar-refractivity contribution is -0.149. The molecule has 0 unspecified atom stereocenters. The van der Waals surface area contributed by atoms with E-state index in [9.17, 15) is 4.79 Å². The number of nitrogens with two attached hydrogens (primary N) is 1. The zero-order chi connectivity index (χ0) is 17.1. The van der Waals surface area contributed by atoms with E-state index in [1.54, 1.807) is 0 Å². The number of esters is 1. The van der Waals surface area contributed by atoms with Crippen LogP contribution in [0.15, 0.2) is 35.2 Å². The molecule has 1 aliphatic heterocycles. The van der Waals surface area contributed by atoms with Crippen molar-refractivity contribution in [3.63, 3.8) is 0 Å². The van der Waals surface area contributed by atoms with Crippen LogP contribution < -0.4 is 5.73 Å². The van der Waals surface area contributed by atoms with E-state index in [-0.39, 0.29) is 11.5 Å². The summed E-state index contributed by atoms with van der Waals surface area (Å²) < 4.78 is 5.40. The molecule has 1 saturated heterocycles. The van der Waals surface area contributed by atoms with Gasteiger partial charge in [-0.3, -0.25) is 0 Å². The van der Waals surface area contributed by atoms with Crippen LogP contribution in [0.3, 0.4) is 0 Å². The maximum Gasteiger partial charge on any atom is 0.340 e. The lowest BCUT2D eigenvalue weighted by Gasteiger charge is -2.35. The van der Waals surface area contributed by atoms with Crippen LogP contribution in [-0.2, 0) is 9.53 Å². The van der Waals surface area contributed by atoms with Crippen LogP contribution in [0.5, 0.6) is 0 Å². The molecule has 2 N–H and O–H groups in total. The Hall–Kier alpha value is -1.71. The molecule has 0 saturated carbocycles. The summed E-state index contributed by atoms with van der Waals surface area (Å²) in [6.45, 7) is 15.1.